The third-order valence-corrected chi connectivity index (χ3v) is 1.54. The zero-order valence-corrected chi connectivity index (χ0v) is 6.91. The van der Waals surface area contributed by atoms with E-state index in [2.05, 4.69) is 5.32 Å². The van der Waals surface area contributed by atoms with Crippen molar-refractivity contribution in [3.63, 3.8) is 0 Å². The van der Waals surface area contributed by atoms with Crippen LogP contribution in [0.15, 0.2) is 24.3 Å². The van der Waals surface area contributed by atoms with Gasteiger partial charge in [0.2, 0.25) is 6.29 Å². The second kappa shape index (κ2) is 4.25. The van der Waals surface area contributed by atoms with E-state index in [9.17, 15) is 9.59 Å². The minimum Gasteiger partial charge on any atom is -0.352 e. The van der Waals surface area contributed by atoms with E-state index in [1.165, 1.54) is 0 Å². The van der Waals surface area contributed by atoms with E-state index in [0.717, 1.165) is 5.56 Å². The van der Waals surface area contributed by atoms with Gasteiger partial charge in [0.05, 0.1) is 0 Å². The number of nitrogens with two attached hydrogens (primary N) is 1. The van der Waals surface area contributed by atoms with Crippen LogP contribution in [0.5, 0.6) is 0 Å². The first-order valence-corrected chi connectivity index (χ1v) is 3.73. The van der Waals surface area contributed by atoms with E-state index in [4.69, 9.17) is 5.73 Å². The molecule has 0 spiro atoms. The summed E-state index contributed by atoms with van der Waals surface area (Å²) < 4.78 is 0. The average Bonchev–Trinajstić information content (AvgIpc) is 2.15. The number of urea groups is 1. The Morgan fingerprint density at radius 2 is 2.00 bits per heavy atom. The second-order valence-corrected chi connectivity index (χ2v) is 2.52. The monoisotopic (exact) mass is 177 g/mol. The molecule has 0 heterocycles. The van der Waals surface area contributed by atoms with Crippen molar-refractivity contribution in [2.24, 2.45) is 5.73 Å². The van der Waals surface area contributed by atoms with Gasteiger partial charge in [-0.2, -0.15) is 0 Å². The van der Waals surface area contributed by atoms with Gasteiger partial charge >= 0.3 is 6.03 Å². The number of hydrogen-bond acceptors (Lipinski definition) is 2. The fourth-order valence-corrected chi connectivity index (χ4v) is 0.880. The lowest BCUT2D eigenvalue weighted by Crippen LogP contribution is -2.28. The van der Waals surface area contributed by atoms with Crippen LogP contribution >= 0.6 is 0 Å². The molecule has 67 valence electrons. The number of rotatable bonds is 3. The van der Waals surface area contributed by atoms with E-state index in [0.29, 0.717) is 12.1 Å². The molecule has 1 radical (unpaired) electrons. The van der Waals surface area contributed by atoms with E-state index < -0.39 is 6.03 Å². The van der Waals surface area contributed by atoms with Crippen molar-refractivity contribution < 1.29 is 9.59 Å². The zero-order valence-electron chi connectivity index (χ0n) is 6.91. The highest BCUT2D eigenvalue weighted by atomic mass is 16.2. The highest BCUT2D eigenvalue weighted by molar-refractivity contribution is 5.75. The molecule has 0 saturated carbocycles. The quantitative estimate of drug-likeness (QED) is 0.697. The lowest BCUT2D eigenvalue weighted by molar-refractivity contribution is 0.248. The average molecular weight is 177 g/mol. The topological polar surface area (TPSA) is 72.2 Å². The largest absolute Gasteiger partial charge is 0.352 e. The Labute approximate surface area is 75.7 Å². The molecule has 4 nitrogen and oxygen atoms in total. The predicted molar refractivity (Wildman–Crippen MR) is 47.7 cm³/mol. The molecule has 13 heavy (non-hydrogen) atoms. The molecule has 3 N–H and O–H groups in total. The molecule has 1 rings (SSSR count). The smallest absolute Gasteiger partial charge is 0.312 e. The Morgan fingerprint density at radius 3 is 2.46 bits per heavy atom. The maximum Gasteiger partial charge on any atom is 0.312 e. The number of benzene rings is 1. The first-order valence-electron chi connectivity index (χ1n) is 3.73. The second-order valence-electron chi connectivity index (χ2n) is 2.52. The number of amides is 2. The Morgan fingerprint density at radius 1 is 1.38 bits per heavy atom. The van der Waals surface area contributed by atoms with Crippen LogP contribution < -0.4 is 11.1 Å². The predicted octanol–water partition coefficient (Wildman–Crippen LogP) is 0.313. The Kier molecular flexibility index (Phi) is 3.03. The summed E-state index contributed by atoms with van der Waals surface area (Å²) in [5.74, 6) is 0. The summed E-state index contributed by atoms with van der Waals surface area (Å²) in [6, 6.07) is 6.16. The highest BCUT2D eigenvalue weighted by Gasteiger charge is 1.95. The fraction of sp³-hybridized carbons (Fsp3) is 0.111. The first kappa shape index (κ1) is 9.25. The first-order chi connectivity index (χ1) is 6.22. The summed E-state index contributed by atoms with van der Waals surface area (Å²) in [4.78, 5) is 20.5. The van der Waals surface area contributed by atoms with Crippen LogP contribution in [0.2, 0.25) is 0 Å². The van der Waals surface area contributed by atoms with E-state index in [1.54, 1.807) is 30.6 Å². The highest BCUT2D eigenvalue weighted by Crippen LogP contribution is 2.01. The molecular weight excluding hydrogens is 168 g/mol. The van der Waals surface area contributed by atoms with Crippen LogP contribution in [0, 0.1) is 0 Å². The van der Waals surface area contributed by atoms with Crippen LogP contribution in [0.1, 0.15) is 11.1 Å². The fourth-order valence-electron chi connectivity index (χ4n) is 0.880. The number of hydrogen-bond donors (Lipinski definition) is 2. The molecule has 0 bridgehead atoms. The minimum absolute atomic E-state index is 0.370. The van der Waals surface area contributed by atoms with Crippen LogP contribution in [0.3, 0.4) is 0 Å². The van der Waals surface area contributed by atoms with Crippen molar-refractivity contribution in [2.45, 2.75) is 6.54 Å². The summed E-state index contributed by atoms with van der Waals surface area (Å²) in [5, 5.41) is 2.44. The summed E-state index contributed by atoms with van der Waals surface area (Å²) >= 11 is 0. The Hall–Kier alpha value is -1.84. The third kappa shape index (κ3) is 2.94. The van der Waals surface area contributed by atoms with Crippen molar-refractivity contribution in [1.82, 2.24) is 5.32 Å². The molecule has 0 aliphatic carbocycles. The van der Waals surface area contributed by atoms with Crippen molar-refractivity contribution in [2.75, 3.05) is 0 Å². The molecule has 0 aliphatic heterocycles. The van der Waals surface area contributed by atoms with Crippen molar-refractivity contribution >= 4 is 12.3 Å². The van der Waals surface area contributed by atoms with Crippen molar-refractivity contribution in [3.8, 4) is 0 Å². The lowest BCUT2D eigenvalue weighted by Gasteiger charge is -2.01. The van der Waals surface area contributed by atoms with Gasteiger partial charge in [-0.25, -0.2) is 4.79 Å². The van der Waals surface area contributed by atoms with E-state index in [1.807, 2.05) is 0 Å². The standard InChI is InChI=1S/C9H9N2O2/c10-9(13)11-5-7-1-3-8(6-12)4-2-7/h1-4H,5H2,(H3,10,11,13). The van der Waals surface area contributed by atoms with Gasteiger partial charge in [0.25, 0.3) is 0 Å². The van der Waals surface area contributed by atoms with Crippen LogP contribution in [-0.2, 0) is 11.3 Å². The minimum atomic E-state index is -0.564. The zero-order chi connectivity index (χ0) is 9.68. The van der Waals surface area contributed by atoms with Gasteiger partial charge < -0.3 is 11.1 Å². The normalized spacial score (nSPS) is 9.23. The summed E-state index contributed by atoms with van der Waals surface area (Å²) in [7, 11) is 0. The molecule has 0 aromatic heterocycles. The van der Waals surface area contributed by atoms with Crippen LogP contribution in [0.25, 0.3) is 0 Å². The molecule has 0 saturated heterocycles. The van der Waals surface area contributed by atoms with Gasteiger partial charge in [-0.15, -0.1) is 0 Å². The third-order valence-electron chi connectivity index (χ3n) is 1.54. The molecule has 0 fully saturated rings. The molecule has 0 aliphatic rings. The Balaban J connectivity index is 2.59. The summed E-state index contributed by atoms with van der Waals surface area (Å²) in [6.07, 6.45) is 1.76. The number of carbonyl (C=O) groups excluding carboxylic acids is 2. The van der Waals surface area contributed by atoms with Gasteiger partial charge in [0.1, 0.15) is 0 Å². The summed E-state index contributed by atoms with van der Waals surface area (Å²) in [6.45, 7) is 0.370. The number of nitrogens with one attached hydrogen (secondary N) is 1. The lowest BCUT2D eigenvalue weighted by atomic mass is 10.1. The van der Waals surface area contributed by atoms with Crippen molar-refractivity contribution in [1.29, 1.82) is 0 Å². The molecule has 0 atom stereocenters. The summed E-state index contributed by atoms with van der Waals surface area (Å²) in [5.41, 5.74) is 6.26. The van der Waals surface area contributed by atoms with Gasteiger partial charge in [-0.1, -0.05) is 24.3 Å². The number of carbonyl (C=O) groups is 1. The molecular formula is C9H9N2O2. The number of primary amides is 1. The van der Waals surface area contributed by atoms with E-state index in [-0.39, 0.29) is 0 Å². The molecule has 2 amide bonds. The Bertz CT molecular complexity index is 306. The van der Waals surface area contributed by atoms with Gasteiger partial charge in [0, 0.05) is 12.1 Å². The van der Waals surface area contributed by atoms with Gasteiger partial charge in [-0.3, -0.25) is 4.79 Å². The molecule has 4 heteroatoms. The van der Waals surface area contributed by atoms with Crippen LogP contribution in [-0.4, -0.2) is 12.3 Å². The molecule has 1 aromatic carbocycles. The van der Waals surface area contributed by atoms with Gasteiger partial charge in [0.15, 0.2) is 0 Å². The van der Waals surface area contributed by atoms with Crippen molar-refractivity contribution in [3.05, 3.63) is 35.4 Å². The molecule has 1 aromatic rings. The van der Waals surface area contributed by atoms with E-state index >= 15 is 0 Å². The maximum absolute atomic E-state index is 10.3. The van der Waals surface area contributed by atoms with Crippen LogP contribution in [0.4, 0.5) is 4.79 Å². The maximum atomic E-state index is 10.3. The molecule has 0 unspecified atom stereocenters. The van der Waals surface area contributed by atoms with Gasteiger partial charge in [-0.05, 0) is 5.56 Å². The SMILES string of the molecule is NC(=O)NCc1ccc([C]=O)cc1.